The fraction of sp³-hybridized carbons (Fsp3) is 0.385. The second kappa shape index (κ2) is 9.75. The molecule has 1 N–H and O–H groups in total. The highest BCUT2D eigenvalue weighted by atomic mass is 19.1. The van der Waals surface area contributed by atoms with Crippen molar-refractivity contribution in [2.45, 2.75) is 25.7 Å². The number of nitrogens with one attached hydrogen (secondary N) is 1. The summed E-state index contributed by atoms with van der Waals surface area (Å²) in [6, 6.07) is 14.4. The summed E-state index contributed by atoms with van der Waals surface area (Å²) in [7, 11) is 0. The van der Waals surface area contributed by atoms with Crippen LogP contribution in [-0.2, 0) is 11.2 Å². The number of aromatic nitrogens is 1. The number of piperazine rings is 1. The van der Waals surface area contributed by atoms with Crippen molar-refractivity contribution in [3.63, 3.8) is 0 Å². The van der Waals surface area contributed by atoms with Gasteiger partial charge in [0.05, 0.1) is 11.8 Å². The summed E-state index contributed by atoms with van der Waals surface area (Å²) in [5, 5.41) is 2.98. The molecule has 33 heavy (non-hydrogen) atoms. The Labute approximate surface area is 193 Å². The summed E-state index contributed by atoms with van der Waals surface area (Å²) in [5.74, 6) is 1.25. The Bertz CT molecular complexity index is 1100. The molecule has 1 aliphatic carbocycles. The molecule has 0 bridgehead atoms. The van der Waals surface area contributed by atoms with Crippen LogP contribution >= 0.6 is 0 Å². The first-order valence-electron chi connectivity index (χ1n) is 11.7. The third kappa shape index (κ3) is 5.60. The molecule has 2 fully saturated rings. The lowest BCUT2D eigenvalue weighted by molar-refractivity contribution is -0.116. The van der Waals surface area contributed by atoms with Crippen molar-refractivity contribution in [1.82, 2.24) is 9.88 Å². The van der Waals surface area contributed by atoms with E-state index in [9.17, 15) is 9.18 Å². The maximum absolute atomic E-state index is 13.9. The third-order valence-corrected chi connectivity index (χ3v) is 6.34. The highest BCUT2D eigenvalue weighted by molar-refractivity contribution is 5.91. The van der Waals surface area contributed by atoms with E-state index in [0.717, 1.165) is 43.5 Å². The van der Waals surface area contributed by atoms with Gasteiger partial charge in [-0.05, 0) is 49.1 Å². The van der Waals surface area contributed by atoms with Gasteiger partial charge in [0, 0.05) is 56.9 Å². The molecule has 1 saturated heterocycles. The number of aryl methyl sites for hydroxylation is 1. The predicted octanol–water partition coefficient (Wildman–Crippen LogP) is 4.58. The number of anilines is 2. The van der Waals surface area contributed by atoms with Gasteiger partial charge in [-0.1, -0.05) is 18.2 Å². The lowest BCUT2D eigenvalue weighted by Gasteiger charge is -2.36. The first kappa shape index (κ1) is 21.6. The van der Waals surface area contributed by atoms with Crippen molar-refractivity contribution in [2.75, 3.05) is 42.9 Å². The Hall–Kier alpha value is -3.19. The van der Waals surface area contributed by atoms with Crippen molar-refractivity contribution in [3.8, 4) is 11.3 Å². The van der Waals surface area contributed by atoms with Crippen molar-refractivity contribution in [1.29, 1.82) is 0 Å². The Balaban J connectivity index is 1.12. The first-order valence-corrected chi connectivity index (χ1v) is 11.7. The average molecular weight is 449 g/mol. The van der Waals surface area contributed by atoms with Crippen LogP contribution in [0.15, 0.2) is 59.1 Å². The second-order valence-electron chi connectivity index (χ2n) is 8.93. The molecule has 0 unspecified atom stereocenters. The molecule has 172 valence electrons. The Morgan fingerprint density at radius 2 is 1.91 bits per heavy atom. The summed E-state index contributed by atoms with van der Waals surface area (Å²) in [6.45, 7) is 5.46. The van der Waals surface area contributed by atoms with Gasteiger partial charge in [0.2, 0.25) is 5.91 Å². The fourth-order valence-corrected chi connectivity index (χ4v) is 4.29. The van der Waals surface area contributed by atoms with Crippen LogP contribution in [0.1, 0.15) is 25.2 Å². The van der Waals surface area contributed by atoms with Crippen LogP contribution in [-0.4, -0.2) is 48.5 Å². The topological polar surface area (TPSA) is 61.6 Å². The molecule has 2 aromatic carbocycles. The number of hydrogen-bond acceptors (Lipinski definition) is 5. The Morgan fingerprint density at radius 3 is 2.70 bits per heavy atom. The molecule has 0 radical (unpaired) electrons. The van der Waals surface area contributed by atoms with Crippen LogP contribution in [0.3, 0.4) is 0 Å². The minimum Gasteiger partial charge on any atom is -0.441 e. The number of rotatable bonds is 8. The molecule has 2 heterocycles. The molecule has 6 nitrogen and oxygen atoms in total. The number of carbonyl (C=O) groups excluding carboxylic acids is 1. The number of carbonyl (C=O) groups is 1. The minimum atomic E-state index is -0.359. The van der Waals surface area contributed by atoms with Gasteiger partial charge in [0.25, 0.3) is 0 Å². The van der Waals surface area contributed by atoms with E-state index in [0.29, 0.717) is 23.6 Å². The minimum absolute atomic E-state index is 0.105. The van der Waals surface area contributed by atoms with E-state index in [-0.39, 0.29) is 18.1 Å². The smallest absolute Gasteiger partial charge is 0.224 e. The van der Waals surface area contributed by atoms with E-state index in [1.54, 1.807) is 18.2 Å². The Kier molecular flexibility index (Phi) is 6.39. The van der Waals surface area contributed by atoms with Crippen LogP contribution in [0.2, 0.25) is 0 Å². The predicted molar refractivity (Wildman–Crippen MR) is 127 cm³/mol. The van der Waals surface area contributed by atoms with Gasteiger partial charge in [-0.3, -0.25) is 9.69 Å². The number of halogens is 1. The van der Waals surface area contributed by atoms with Gasteiger partial charge >= 0.3 is 0 Å². The molecular weight excluding hydrogens is 419 g/mol. The van der Waals surface area contributed by atoms with E-state index in [2.05, 4.69) is 26.2 Å². The first-order chi connectivity index (χ1) is 16.1. The molecular formula is C26H29FN4O2. The Morgan fingerprint density at radius 1 is 1.09 bits per heavy atom. The molecule has 3 aromatic rings. The molecule has 1 amide bonds. The van der Waals surface area contributed by atoms with E-state index in [1.165, 1.54) is 31.6 Å². The molecule has 1 aliphatic heterocycles. The van der Waals surface area contributed by atoms with Crippen molar-refractivity contribution in [3.05, 3.63) is 66.4 Å². The van der Waals surface area contributed by atoms with Crippen LogP contribution in [0.5, 0.6) is 0 Å². The van der Waals surface area contributed by atoms with Gasteiger partial charge in [0.1, 0.15) is 5.82 Å². The van der Waals surface area contributed by atoms with Gasteiger partial charge in [-0.25, -0.2) is 9.37 Å². The maximum atomic E-state index is 13.9. The molecule has 7 heteroatoms. The van der Waals surface area contributed by atoms with E-state index >= 15 is 0 Å². The van der Waals surface area contributed by atoms with Gasteiger partial charge < -0.3 is 14.6 Å². The second-order valence-corrected chi connectivity index (χ2v) is 8.93. The number of hydrogen-bond donors (Lipinski definition) is 1. The SMILES string of the molecule is O=C(CCc1ncc(-c2ccccc2F)o1)Nc1cccc(N2CCN(CC3CC3)CC2)c1. The lowest BCUT2D eigenvalue weighted by Crippen LogP contribution is -2.47. The van der Waals surface area contributed by atoms with E-state index in [1.807, 2.05) is 18.2 Å². The fourth-order valence-electron chi connectivity index (χ4n) is 4.29. The van der Waals surface area contributed by atoms with Crippen LogP contribution in [0.25, 0.3) is 11.3 Å². The number of nitrogens with zero attached hydrogens (tertiary/aromatic N) is 3. The average Bonchev–Trinajstić information content (AvgIpc) is 3.52. The number of amides is 1. The van der Waals surface area contributed by atoms with E-state index < -0.39 is 0 Å². The largest absolute Gasteiger partial charge is 0.441 e. The standard InChI is InChI=1S/C26H29FN4O2/c27-23-7-2-1-6-22(23)24-17-28-26(33-24)11-10-25(32)29-20-4-3-5-21(16-20)31-14-12-30(13-15-31)18-19-8-9-19/h1-7,16-17,19H,8-15,18H2,(H,29,32). The van der Waals surface area contributed by atoms with Crippen molar-refractivity contribution < 1.29 is 13.6 Å². The molecule has 0 spiro atoms. The molecule has 1 saturated carbocycles. The summed E-state index contributed by atoms with van der Waals surface area (Å²) in [6.07, 6.45) is 4.87. The van der Waals surface area contributed by atoms with Crippen LogP contribution < -0.4 is 10.2 Å². The number of benzene rings is 2. The molecule has 0 atom stereocenters. The number of oxazole rings is 1. The normalized spacial score (nSPS) is 16.7. The van der Waals surface area contributed by atoms with Gasteiger partial charge in [-0.2, -0.15) is 0 Å². The highest BCUT2D eigenvalue weighted by Gasteiger charge is 2.26. The molecule has 1 aromatic heterocycles. The van der Waals surface area contributed by atoms with E-state index in [4.69, 9.17) is 4.42 Å². The van der Waals surface area contributed by atoms with Crippen LogP contribution in [0, 0.1) is 11.7 Å². The van der Waals surface area contributed by atoms with Crippen molar-refractivity contribution >= 4 is 17.3 Å². The zero-order valence-corrected chi connectivity index (χ0v) is 18.7. The van der Waals surface area contributed by atoms with Gasteiger partial charge in [-0.15, -0.1) is 0 Å². The summed E-state index contributed by atoms with van der Waals surface area (Å²) < 4.78 is 19.6. The molecule has 2 aliphatic rings. The quantitative estimate of drug-likeness (QED) is 0.546. The highest BCUT2D eigenvalue weighted by Crippen LogP contribution is 2.30. The summed E-state index contributed by atoms with van der Waals surface area (Å²) >= 11 is 0. The zero-order chi connectivity index (χ0) is 22.6. The third-order valence-electron chi connectivity index (χ3n) is 6.34. The van der Waals surface area contributed by atoms with Gasteiger partial charge in [0.15, 0.2) is 11.7 Å². The van der Waals surface area contributed by atoms with Crippen LogP contribution in [0.4, 0.5) is 15.8 Å². The maximum Gasteiger partial charge on any atom is 0.224 e. The zero-order valence-electron chi connectivity index (χ0n) is 18.7. The molecule has 5 rings (SSSR count). The van der Waals surface area contributed by atoms with Crippen molar-refractivity contribution in [2.24, 2.45) is 5.92 Å². The summed E-state index contributed by atoms with van der Waals surface area (Å²) in [5.41, 5.74) is 2.30. The summed E-state index contributed by atoms with van der Waals surface area (Å²) in [4.78, 5) is 21.6. The lowest BCUT2D eigenvalue weighted by atomic mass is 10.2. The monoisotopic (exact) mass is 448 g/mol.